The molecule has 1 aliphatic carbocycles. The fraction of sp³-hybridized carbons (Fsp3) is 0.458. The van der Waals surface area contributed by atoms with E-state index in [1.54, 1.807) is 35.2 Å². The average molecular weight is 441 g/mol. The molecule has 2 aromatic rings. The van der Waals surface area contributed by atoms with Crippen LogP contribution < -0.4 is 9.64 Å². The number of imide groups is 1. The highest BCUT2D eigenvalue weighted by Gasteiger charge is 2.46. The Kier molecular flexibility index (Phi) is 6.70. The maximum absolute atomic E-state index is 13.5. The molecule has 1 aliphatic heterocycles. The van der Waals surface area contributed by atoms with Gasteiger partial charge in [-0.2, -0.15) is 0 Å². The van der Waals surface area contributed by atoms with Crippen LogP contribution in [0.4, 0.5) is 5.69 Å². The molecule has 2 aliphatic rings. The molecule has 1 atom stereocenters. The quantitative estimate of drug-likeness (QED) is 0.485. The summed E-state index contributed by atoms with van der Waals surface area (Å²) in [5, 5.41) is 1.87. The Labute approximate surface area is 186 Å². The monoisotopic (exact) mass is 440 g/mol. The first-order valence-electron chi connectivity index (χ1n) is 11.1. The number of hydrogen-bond donors (Lipinski definition) is 0. The third kappa shape index (κ3) is 4.51. The van der Waals surface area contributed by atoms with E-state index in [1.807, 2.05) is 18.4 Å². The highest BCUT2D eigenvalue weighted by Crippen LogP contribution is 2.33. The maximum Gasteiger partial charge on any atom is 0.264 e. The predicted molar refractivity (Wildman–Crippen MR) is 120 cm³/mol. The summed E-state index contributed by atoms with van der Waals surface area (Å²) in [6, 6.07) is 9.83. The molecular formula is C24H28N2O4S. The Hall–Kier alpha value is -2.67. The van der Waals surface area contributed by atoms with E-state index in [0.29, 0.717) is 22.9 Å². The summed E-state index contributed by atoms with van der Waals surface area (Å²) in [5.41, 5.74) is 0.519. The molecule has 6 nitrogen and oxygen atoms in total. The van der Waals surface area contributed by atoms with Crippen LogP contribution in [0.15, 0.2) is 41.8 Å². The van der Waals surface area contributed by atoms with Gasteiger partial charge in [0.05, 0.1) is 23.6 Å². The van der Waals surface area contributed by atoms with Gasteiger partial charge in [0.15, 0.2) is 0 Å². The van der Waals surface area contributed by atoms with E-state index in [4.69, 9.17) is 4.74 Å². The van der Waals surface area contributed by atoms with Crippen LogP contribution in [-0.4, -0.2) is 41.3 Å². The van der Waals surface area contributed by atoms with Gasteiger partial charge in [-0.1, -0.05) is 31.7 Å². The van der Waals surface area contributed by atoms with Gasteiger partial charge >= 0.3 is 0 Å². The summed E-state index contributed by atoms with van der Waals surface area (Å²) in [6.07, 6.45) is 6.14. The van der Waals surface area contributed by atoms with Crippen LogP contribution in [0.1, 0.15) is 61.5 Å². The lowest BCUT2D eigenvalue weighted by Gasteiger charge is -2.34. The van der Waals surface area contributed by atoms with Crippen LogP contribution in [0.3, 0.4) is 0 Å². The van der Waals surface area contributed by atoms with Crippen molar-refractivity contribution in [3.63, 3.8) is 0 Å². The molecule has 2 heterocycles. The molecule has 1 saturated carbocycles. The lowest BCUT2D eigenvalue weighted by molar-refractivity contribution is -0.123. The Morgan fingerprint density at radius 2 is 1.81 bits per heavy atom. The first-order valence-corrected chi connectivity index (χ1v) is 11.9. The number of nitrogens with zero attached hydrogens (tertiary/aromatic N) is 2. The van der Waals surface area contributed by atoms with Crippen molar-refractivity contribution in [3.05, 3.63) is 46.7 Å². The SMILES string of the molecule is CCOc1ccc(N2C(=O)CC(N(C(=O)c3cccs3)C3CCCCCC3)C2=O)cc1. The Morgan fingerprint density at radius 3 is 2.42 bits per heavy atom. The second kappa shape index (κ2) is 9.64. The third-order valence-corrected chi connectivity index (χ3v) is 6.91. The van der Waals surface area contributed by atoms with Crippen molar-refractivity contribution in [2.75, 3.05) is 11.5 Å². The molecule has 1 unspecified atom stereocenters. The normalized spacial score (nSPS) is 20.0. The molecule has 1 saturated heterocycles. The van der Waals surface area contributed by atoms with Gasteiger partial charge in [-0.25, -0.2) is 4.90 Å². The number of carbonyl (C=O) groups excluding carboxylic acids is 3. The van der Waals surface area contributed by atoms with E-state index < -0.39 is 6.04 Å². The second-order valence-corrected chi connectivity index (χ2v) is 9.00. The zero-order valence-corrected chi connectivity index (χ0v) is 18.6. The minimum atomic E-state index is -0.753. The van der Waals surface area contributed by atoms with Gasteiger partial charge < -0.3 is 9.64 Å². The van der Waals surface area contributed by atoms with E-state index in [0.717, 1.165) is 38.5 Å². The predicted octanol–water partition coefficient (Wildman–Crippen LogP) is 4.64. The standard InChI is InChI=1S/C24H28N2O4S/c1-2-30-19-13-11-18(12-14-19)26-22(27)16-20(23(26)28)25(17-8-5-3-4-6-9-17)24(29)21-10-7-15-31-21/h7,10-15,17,20H,2-6,8-9,16H2,1H3. The van der Waals surface area contributed by atoms with Crippen molar-refractivity contribution in [3.8, 4) is 5.75 Å². The number of carbonyl (C=O) groups is 3. The lowest BCUT2D eigenvalue weighted by Crippen LogP contribution is -2.50. The number of thiophene rings is 1. The first-order chi connectivity index (χ1) is 15.1. The van der Waals surface area contributed by atoms with Gasteiger partial charge in [0, 0.05) is 6.04 Å². The van der Waals surface area contributed by atoms with E-state index in [9.17, 15) is 14.4 Å². The van der Waals surface area contributed by atoms with E-state index >= 15 is 0 Å². The van der Waals surface area contributed by atoms with Gasteiger partial charge in [0.1, 0.15) is 11.8 Å². The van der Waals surface area contributed by atoms with Crippen LogP contribution in [0.2, 0.25) is 0 Å². The minimum Gasteiger partial charge on any atom is -0.494 e. The topological polar surface area (TPSA) is 66.9 Å². The molecular weight excluding hydrogens is 412 g/mol. The highest BCUT2D eigenvalue weighted by atomic mass is 32.1. The van der Waals surface area contributed by atoms with E-state index in [-0.39, 0.29) is 30.2 Å². The van der Waals surface area contributed by atoms with Gasteiger partial charge in [-0.3, -0.25) is 14.4 Å². The summed E-state index contributed by atoms with van der Waals surface area (Å²) in [5.74, 6) is -0.0310. The molecule has 3 amide bonds. The van der Waals surface area contributed by atoms with Crippen molar-refractivity contribution in [2.24, 2.45) is 0 Å². The summed E-state index contributed by atoms with van der Waals surface area (Å²) in [6.45, 7) is 2.45. The molecule has 164 valence electrons. The zero-order valence-electron chi connectivity index (χ0n) is 17.8. The van der Waals surface area contributed by atoms with Crippen molar-refractivity contribution in [1.82, 2.24) is 4.90 Å². The summed E-state index contributed by atoms with van der Waals surface area (Å²) >= 11 is 1.38. The van der Waals surface area contributed by atoms with Gasteiger partial charge in [-0.15, -0.1) is 11.3 Å². The van der Waals surface area contributed by atoms with Crippen molar-refractivity contribution in [1.29, 1.82) is 0 Å². The number of rotatable bonds is 6. The van der Waals surface area contributed by atoms with Crippen molar-refractivity contribution < 1.29 is 19.1 Å². The Balaban J connectivity index is 1.62. The smallest absolute Gasteiger partial charge is 0.264 e. The molecule has 1 aromatic carbocycles. The second-order valence-electron chi connectivity index (χ2n) is 8.05. The molecule has 0 bridgehead atoms. The van der Waals surface area contributed by atoms with Crippen molar-refractivity contribution in [2.45, 2.75) is 64.0 Å². The molecule has 31 heavy (non-hydrogen) atoms. The number of benzene rings is 1. The van der Waals surface area contributed by atoms with Crippen LogP contribution in [0, 0.1) is 0 Å². The summed E-state index contributed by atoms with van der Waals surface area (Å²) in [7, 11) is 0. The lowest BCUT2D eigenvalue weighted by atomic mass is 10.0. The number of amides is 3. The number of ether oxygens (including phenoxy) is 1. The van der Waals surface area contributed by atoms with Gasteiger partial charge in [0.25, 0.3) is 11.8 Å². The maximum atomic E-state index is 13.5. The fourth-order valence-electron chi connectivity index (χ4n) is 4.59. The van der Waals surface area contributed by atoms with Crippen molar-refractivity contribution >= 4 is 34.7 Å². The van der Waals surface area contributed by atoms with Crippen LogP contribution in [0.5, 0.6) is 5.75 Å². The highest BCUT2D eigenvalue weighted by molar-refractivity contribution is 7.12. The molecule has 4 rings (SSSR count). The van der Waals surface area contributed by atoms with E-state index in [2.05, 4.69) is 0 Å². The molecule has 0 spiro atoms. The van der Waals surface area contributed by atoms with E-state index in [1.165, 1.54) is 16.2 Å². The molecule has 1 aromatic heterocycles. The number of hydrogen-bond acceptors (Lipinski definition) is 5. The third-order valence-electron chi connectivity index (χ3n) is 6.05. The van der Waals surface area contributed by atoms with Gasteiger partial charge in [0.2, 0.25) is 5.91 Å². The largest absolute Gasteiger partial charge is 0.494 e. The number of anilines is 1. The Morgan fingerprint density at radius 1 is 1.10 bits per heavy atom. The molecule has 0 radical (unpaired) electrons. The zero-order chi connectivity index (χ0) is 21.8. The first kappa shape index (κ1) is 21.6. The van der Waals surface area contributed by atoms with Gasteiger partial charge in [-0.05, 0) is 55.5 Å². The average Bonchev–Trinajstić information content (AvgIpc) is 3.31. The van der Waals surface area contributed by atoms with Crippen LogP contribution >= 0.6 is 11.3 Å². The fourth-order valence-corrected chi connectivity index (χ4v) is 5.26. The van der Waals surface area contributed by atoms with Crippen LogP contribution in [-0.2, 0) is 9.59 Å². The summed E-state index contributed by atoms with van der Waals surface area (Å²) in [4.78, 5) is 43.4. The Bertz CT molecular complexity index is 918. The summed E-state index contributed by atoms with van der Waals surface area (Å²) < 4.78 is 5.46. The minimum absolute atomic E-state index is 0.0147. The van der Waals surface area contributed by atoms with Crippen LogP contribution in [0.25, 0.3) is 0 Å². The molecule has 0 N–H and O–H groups in total. The molecule has 2 fully saturated rings. The molecule has 7 heteroatoms.